The van der Waals surface area contributed by atoms with Crippen LogP contribution in [0.2, 0.25) is 0 Å². The molecule has 1 aliphatic rings. The fraction of sp³-hybridized carbons (Fsp3) is 0.167. The van der Waals surface area contributed by atoms with E-state index in [4.69, 9.17) is 4.74 Å². The lowest BCUT2D eigenvalue weighted by Crippen LogP contribution is -2.40. The molecule has 114 valence electrons. The number of benzene rings is 1. The van der Waals surface area contributed by atoms with Crippen molar-refractivity contribution < 1.29 is 4.74 Å². The molecule has 2 rings (SSSR count). The smallest absolute Gasteiger partial charge is 0.243 e. The number of hydrazine groups is 1. The number of hydrazone groups is 1. The number of hydrogen-bond acceptors (Lipinski definition) is 4. The number of para-hydroxylation sites is 1. The average molecular weight is 295 g/mol. The van der Waals surface area contributed by atoms with Crippen LogP contribution in [-0.4, -0.2) is 17.5 Å². The quantitative estimate of drug-likeness (QED) is 0.778. The van der Waals surface area contributed by atoms with Gasteiger partial charge in [-0.25, -0.2) is 5.53 Å². The summed E-state index contributed by atoms with van der Waals surface area (Å²) in [6.45, 7) is 12.1. The van der Waals surface area contributed by atoms with Crippen LogP contribution in [-0.2, 0) is 0 Å². The van der Waals surface area contributed by atoms with Crippen molar-refractivity contribution in [2.75, 3.05) is 6.54 Å². The zero-order chi connectivity index (χ0) is 15.8. The molecule has 0 atom stereocenters. The zero-order valence-corrected chi connectivity index (χ0v) is 12.7. The molecule has 4 nitrogen and oxygen atoms in total. The van der Waals surface area contributed by atoms with Crippen LogP contribution < -0.4 is 10.3 Å². The van der Waals surface area contributed by atoms with E-state index in [1.165, 1.54) is 0 Å². The normalized spacial score (nSPS) is 14.0. The summed E-state index contributed by atoms with van der Waals surface area (Å²) in [5.74, 6) is 1.31. The maximum absolute atomic E-state index is 5.92. The maximum atomic E-state index is 5.92. The van der Waals surface area contributed by atoms with Gasteiger partial charge in [-0.3, -0.25) is 5.01 Å². The van der Waals surface area contributed by atoms with Crippen molar-refractivity contribution in [3.05, 3.63) is 79.6 Å². The summed E-state index contributed by atoms with van der Waals surface area (Å²) >= 11 is 0. The highest BCUT2D eigenvalue weighted by molar-refractivity contribution is 5.96. The van der Waals surface area contributed by atoms with E-state index in [0.29, 0.717) is 25.3 Å². The second-order valence-corrected chi connectivity index (χ2v) is 4.74. The monoisotopic (exact) mass is 295 g/mol. The van der Waals surface area contributed by atoms with Gasteiger partial charge in [-0.15, -0.1) is 24.8 Å². The van der Waals surface area contributed by atoms with E-state index in [-0.39, 0.29) is 0 Å². The predicted octanol–water partition coefficient (Wildman–Crippen LogP) is 3.79. The van der Waals surface area contributed by atoms with Crippen LogP contribution in [0.3, 0.4) is 0 Å². The van der Waals surface area contributed by atoms with Gasteiger partial charge in [0.2, 0.25) is 5.90 Å². The number of nitrogens with one attached hydrogen (secondary N) is 1. The average Bonchev–Trinajstić information content (AvgIpc) is 2.54. The summed E-state index contributed by atoms with van der Waals surface area (Å²) in [5.41, 5.74) is 5.06. The summed E-state index contributed by atoms with van der Waals surface area (Å²) < 4.78 is 5.92. The van der Waals surface area contributed by atoms with Crippen molar-refractivity contribution in [1.82, 2.24) is 10.5 Å². The molecular weight excluding hydrogens is 274 g/mol. The molecule has 0 amide bonds. The molecule has 0 unspecified atom stereocenters. The first-order valence-corrected chi connectivity index (χ1v) is 7.19. The molecule has 0 aliphatic carbocycles. The van der Waals surface area contributed by atoms with Gasteiger partial charge in [0.25, 0.3) is 0 Å². The molecule has 1 heterocycles. The van der Waals surface area contributed by atoms with Crippen molar-refractivity contribution in [1.29, 1.82) is 0 Å². The van der Waals surface area contributed by atoms with Crippen LogP contribution >= 0.6 is 0 Å². The summed E-state index contributed by atoms with van der Waals surface area (Å²) in [7, 11) is 0. The number of nitrogens with zero attached hydrogens (tertiary/aromatic N) is 2. The van der Waals surface area contributed by atoms with E-state index in [9.17, 15) is 0 Å². The number of ether oxygens (including phenoxy) is 1. The number of hydrogen-bond donors (Lipinski definition) is 1. The first kappa shape index (κ1) is 15.6. The standard InChI is InChI=1S/C18H21N3O/c1-4-10-16-17(11-5-2)21(14-6-3)20-19-18(16)22-15-12-8-7-9-13-15/h4-9,12-13,20H,1-3,10-11,14H2. The van der Waals surface area contributed by atoms with Gasteiger partial charge in [-0.05, 0) is 18.6 Å². The minimum atomic E-state index is 0.559. The summed E-state index contributed by atoms with van der Waals surface area (Å²) in [5, 5.41) is 6.28. The van der Waals surface area contributed by atoms with Crippen molar-refractivity contribution in [3.63, 3.8) is 0 Å². The van der Waals surface area contributed by atoms with Gasteiger partial charge in [-0.2, -0.15) is 0 Å². The molecule has 22 heavy (non-hydrogen) atoms. The third-order valence-corrected chi connectivity index (χ3v) is 3.16. The van der Waals surface area contributed by atoms with Crippen LogP contribution in [0.25, 0.3) is 0 Å². The molecule has 0 bridgehead atoms. The van der Waals surface area contributed by atoms with Crippen molar-refractivity contribution in [2.45, 2.75) is 12.8 Å². The van der Waals surface area contributed by atoms with Gasteiger partial charge in [-0.1, -0.05) is 36.4 Å². The van der Waals surface area contributed by atoms with Gasteiger partial charge in [0.15, 0.2) is 0 Å². The molecule has 1 aromatic carbocycles. The van der Waals surface area contributed by atoms with Gasteiger partial charge >= 0.3 is 0 Å². The van der Waals surface area contributed by atoms with E-state index in [1.54, 1.807) is 0 Å². The second-order valence-electron chi connectivity index (χ2n) is 4.74. The Morgan fingerprint density at radius 2 is 1.77 bits per heavy atom. The van der Waals surface area contributed by atoms with Gasteiger partial charge in [0, 0.05) is 17.7 Å². The lowest BCUT2D eigenvalue weighted by molar-refractivity contribution is 0.258. The highest BCUT2D eigenvalue weighted by atomic mass is 16.5. The maximum Gasteiger partial charge on any atom is 0.243 e. The van der Waals surface area contributed by atoms with Crippen molar-refractivity contribution >= 4 is 5.90 Å². The molecule has 0 saturated carbocycles. The number of rotatable bonds is 7. The summed E-state index contributed by atoms with van der Waals surface area (Å²) in [4.78, 5) is 0. The van der Waals surface area contributed by atoms with Gasteiger partial charge in [0.1, 0.15) is 5.75 Å². The third-order valence-electron chi connectivity index (χ3n) is 3.16. The Bertz CT molecular complexity index is 602. The molecule has 1 aromatic rings. The largest absolute Gasteiger partial charge is 0.437 e. The fourth-order valence-corrected chi connectivity index (χ4v) is 2.20. The molecular formula is C18H21N3O. The topological polar surface area (TPSA) is 36.9 Å². The van der Waals surface area contributed by atoms with E-state index in [2.05, 4.69) is 30.4 Å². The SMILES string of the molecule is C=CCC1=C(CC=C)N(CC=C)NN=C1Oc1ccccc1. The Morgan fingerprint density at radius 3 is 2.41 bits per heavy atom. The first-order chi connectivity index (χ1) is 10.8. The van der Waals surface area contributed by atoms with Crippen molar-refractivity contribution in [2.24, 2.45) is 5.10 Å². The first-order valence-electron chi connectivity index (χ1n) is 7.19. The molecule has 0 radical (unpaired) electrons. The minimum absolute atomic E-state index is 0.559. The summed E-state index contributed by atoms with van der Waals surface area (Å²) in [6.07, 6.45) is 6.91. The Kier molecular flexibility index (Phi) is 5.60. The molecule has 0 saturated heterocycles. The van der Waals surface area contributed by atoms with Crippen LogP contribution in [0, 0.1) is 0 Å². The lowest BCUT2D eigenvalue weighted by atomic mass is 10.1. The Hall–Kier alpha value is -2.75. The van der Waals surface area contributed by atoms with E-state index in [0.717, 1.165) is 17.0 Å². The predicted molar refractivity (Wildman–Crippen MR) is 91.2 cm³/mol. The minimum Gasteiger partial charge on any atom is -0.437 e. The zero-order valence-electron chi connectivity index (χ0n) is 12.7. The van der Waals surface area contributed by atoms with Gasteiger partial charge in [0.05, 0.1) is 6.54 Å². The molecule has 1 aliphatic heterocycles. The Labute approximate surface area is 131 Å². The molecule has 1 N–H and O–H groups in total. The third kappa shape index (κ3) is 3.67. The molecule has 0 spiro atoms. The van der Waals surface area contributed by atoms with E-state index >= 15 is 0 Å². The molecule has 4 heteroatoms. The Balaban J connectivity index is 2.33. The Morgan fingerprint density at radius 1 is 1.05 bits per heavy atom. The highest BCUT2D eigenvalue weighted by Crippen LogP contribution is 2.23. The number of allylic oxidation sites excluding steroid dienone is 2. The van der Waals surface area contributed by atoms with E-state index < -0.39 is 0 Å². The van der Waals surface area contributed by atoms with E-state index in [1.807, 2.05) is 53.6 Å². The summed E-state index contributed by atoms with van der Waals surface area (Å²) in [6, 6.07) is 9.60. The van der Waals surface area contributed by atoms with Crippen LogP contribution in [0.15, 0.2) is 84.7 Å². The van der Waals surface area contributed by atoms with Crippen LogP contribution in [0.4, 0.5) is 0 Å². The van der Waals surface area contributed by atoms with Crippen LogP contribution in [0.5, 0.6) is 5.75 Å². The molecule has 0 fully saturated rings. The van der Waals surface area contributed by atoms with Crippen LogP contribution in [0.1, 0.15) is 12.8 Å². The van der Waals surface area contributed by atoms with Gasteiger partial charge < -0.3 is 4.74 Å². The second kappa shape index (κ2) is 7.88. The highest BCUT2D eigenvalue weighted by Gasteiger charge is 2.23. The van der Waals surface area contributed by atoms with Crippen molar-refractivity contribution in [3.8, 4) is 5.75 Å². The lowest BCUT2D eigenvalue weighted by Gasteiger charge is -2.31. The molecule has 0 aromatic heterocycles. The fourth-order valence-electron chi connectivity index (χ4n) is 2.20.